The van der Waals surface area contributed by atoms with E-state index < -0.39 is 11.5 Å². The first-order valence-corrected chi connectivity index (χ1v) is 13.1. The maximum atomic E-state index is 13.5. The fourth-order valence-electron chi connectivity index (χ4n) is 4.46. The number of primary amides is 1. The van der Waals surface area contributed by atoms with Crippen molar-refractivity contribution >= 4 is 45.0 Å². The highest BCUT2D eigenvalue weighted by Crippen LogP contribution is 2.31. The van der Waals surface area contributed by atoms with E-state index in [2.05, 4.69) is 4.98 Å². The van der Waals surface area contributed by atoms with E-state index in [1.165, 1.54) is 0 Å². The van der Waals surface area contributed by atoms with Crippen molar-refractivity contribution in [3.63, 3.8) is 0 Å². The van der Waals surface area contributed by atoms with Gasteiger partial charge in [0.1, 0.15) is 17.2 Å². The largest absolute Gasteiger partial charge is 0.485 e. The topological polar surface area (TPSA) is 117 Å². The third-order valence-electron chi connectivity index (χ3n) is 6.51. The second-order valence-electron chi connectivity index (χ2n) is 10.2. The number of benzene rings is 3. The van der Waals surface area contributed by atoms with Crippen molar-refractivity contribution in [3.8, 4) is 17.2 Å². The highest BCUT2D eigenvalue weighted by molar-refractivity contribution is 6.31. The SMILES string of the molecule is CC(C)(O)CCn1cc(C(=O)COc2cc3ccc(Cl)cc3cc2C(N)=O)c2ccc(Oc3cccnc3)cc21. The number of fused-ring (bicyclic) bond motifs is 2. The molecule has 0 atom stereocenters. The van der Waals surface area contributed by atoms with Crippen molar-refractivity contribution in [2.24, 2.45) is 5.73 Å². The number of carbonyl (C=O) groups excluding carboxylic acids is 2. The number of hydrogen-bond acceptors (Lipinski definition) is 6. The normalized spacial score (nSPS) is 11.6. The standard InChI is InChI=1S/C31H28ClN3O5/c1-31(2,38)9-11-35-17-26(24-8-7-22(15-27(24)35)40-23-4-3-10-34-16-23)28(36)18-39-29-14-19-5-6-21(32)12-20(19)13-25(29)30(33)37/h3-8,10,12-17,38H,9,11,18H2,1-2H3,(H2,33,37). The zero-order valence-electron chi connectivity index (χ0n) is 22.1. The van der Waals surface area contributed by atoms with Gasteiger partial charge in [0.2, 0.25) is 5.78 Å². The molecule has 0 unspecified atom stereocenters. The first-order chi connectivity index (χ1) is 19.1. The van der Waals surface area contributed by atoms with Gasteiger partial charge in [-0.15, -0.1) is 0 Å². The zero-order chi connectivity index (χ0) is 28.4. The molecular formula is C31H28ClN3O5. The molecule has 5 aromatic rings. The molecule has 0 saturated carbocycles. The van der Waals surface area contributed by atoms with E-state index in [0.29, 0.717) is 40.4 Å². The molecule has 2 aromatic heterocycles. The summed E-state index contributed by atoms with van der Waals surface area (Å²) in [6.07, 6.45) is 5.51. The first-order valence-electron chi connectivity index (χ1n) is 12.7. The number of nitrogens with two attached hydrogens (primary N) is 1. The van der Waals surface area contributed by atoms with E-state index in [4.69, 9.17) is 26.8 Å². The smallest absolute Gasteiger partial charge is 0.252 e. The number of nitrogens with zero attached hydrogens (tertiary/aromatic N) is 2. The number of amides is 1. The summed E-state index contributed by atoms with van der Waals surface area (Å²) >= 11 is 6.09. The molecule has 5 rings (SSSR count). The number of halogens is 1. The highest BCUT2D eigenvalue weighted by Gasteiger charge is 2.20. The molecule has 0 radical (unpaired) electrons. The molecule has 3 aromatic carbocycles. The second kappa shape index (κ2) is 11.0. The van der Waals surface area contributed by atoms with E-state index in [0.717, 1.165) is 16.3 Å². The Kier molecular flexibility index (Phi) is 7.47. The lowest BCUT2D eigenvalue weighted by Gasteiger charge is -2.17. The van der Waals surface area contributed by atoms with Crippen LogP contribution in [0.4, 0.5) is 0 Å². The molecule has 204 valence electrons. The molecule has 0 aliphatic carbocycles. The lowest BCUT2D eigenvalue weighted by atomic mass is 10.1. The number of Topliss-reactive ketones (excluding diaryl/α,β-unsaturated/α-hetero) is 1. The lowest BCUT2D eigenvalue weighted by Crippen LogP contribution is -2.20. The number of ether oxygens (including phenoxy) is 2. The second-order valence-corrected chi connectivity index (χ2v) is 10.6. The van der Waals surface area contributed by atoms with Crippen LogP contribution in [0.3, 0.4) is 0 Å². The molecule has 0 aliphatic rings. The van der Waals surface area contributed by atoms with E-state index in [-0.39, 0.29) is 23.7 Å². The molecule has 0 bridgehead atoms. The van der Waals surface area contributed by atoms with Crippen molar-refractivity contribution in [3.05, 3.63) is 95.4 Å². The van der Waals surface area contributed by atoms with Crippen LogP contribution in [-0.4, -0.2) is 38.6 Å². The predicted molar refractivity (Wildman–Crippen MR) is 154 cm³/mol. The van der Waals surface area contributed by atoms with Gasteiger partial charge in [0.15, 0.2) is 6.61 Å². The third-order valence-corrected chi connectivity index (χ3v) is 6.75. The Morgan fingerprint density at radius 3 is 2.58 bits per heavy atom. The molecule has 40 heavy (non-hydrogen) atoms. The van der Waals surface area contributed by atoms with Crippen molar-refractivity contribution < 1.29 is 24.2 Å². The van der Waals surface area contributed by atoms with Crippen molar-refractivity contribution in [2.75, 3.05) is 6.61 Å². The van der Waals surface area contributed by atoms with Gasteiger partial charge in [-0.1, -0.05) is 17.7 Å². The monoisotopic (exact) mass is 557 g/mol. The van der Waals surface area contributed by atoms with Crippen molar-refractivity contribution in [2.45, 2.75) is 32.4 Å². The van der Waals surface area contributed by atoms with Gasteiger partial charge in [-0.2, -0.15) is 0 Å². The summed E-state index contributed by atoms with van der Waals surface area (Å²) in [7, 11) is 0. The Morgan fingerprint density at radius 2 is 1.85 bits per heavy atom. The summed E-state index contributed by atoms with van der Waals surface area (Å²) in [5.74, 6) is 0.437. The highest BCUT2D eigenvalue weighted by atomic mass is 35.5. The predicted octanol–water partition coefficient (Wildman–Crippen LogP) is 6.16. The van der Waals surface area contributed by atoms with E-state index >= 15 is 0 Å². The number of carbonyl (C=O) groups is 2. The molecular weight excluding hydrogens is 530 g/mol. The van der Waals surface area contributed by atoms with E-state index in [1.807, 2.05) is 16.7 Å². The van der Waals surface area contributed by atoms with Crippen LogP contribution in [0.2, 0.25) is 5.02 Å². The Hall–Kier alpha value is -4.40. The van der Waals surface area contributed by atoms with Gasteiger partial charge >= 0.3 is 0 Å². The Morgan fingerprint density at radius 1 is 1.02 bits per heavy atom. The molecule has 0 saturated heterocycles. The summed E-state index contributed by atoms with van der Waals surface area (Å²) in [6.45, 7) is 3.65. The van der Waals surface area contributed by atoms with E-state index in [9.17, 15) is 14.7 Å². The molecule has 0 spiro atoms. The molecule has 0 fully saturated rings. The van der Waals surface area contributed by atoms with Gasteiger partial charge in [0.05, 0.1) is 22.9 Å². The van der Waals surface area contributed by atoms with Crippen LogP contribution in [-0.2, 0) is 6.54 Å². The van der Waals surface area contributed by atoms with Crippen LogP contribution in [0.5, 0.6) is 17.2 Å². The Balaban J connectivity index is 1.45. The number of pyridine rings is 1. The van der Waals surface area contributed by atoms with Gasteiger partial charge in [-0.05, 0) is 79.6 Å². The number of aryl methyl sites for hydroxylation is 1. The minimum Gasteiger partial charge on any atom is -0.485 e. The van der Waals surface area contributed by atoms with Gasteiger partial charge in [-0.3, -0.25) is 14.6 Å². The van der Waals surface area contributed by atoms with Crippen molar-refractivity contribution in [1.82, 2.24) is 9.55 Å². The number of aromatic nitrogens is 2. The van der Waals surface area contributed by atoms with Crippen LogP contribution in [0.1, 0.15) is 41.0 Å². The molecule has 2 heterocycles. The van der Waals surface area contributed by atoms with Crippen LogP contribution in [0, 0.1) is 0 Å². The minimum absolute atomic E-state index is 0.160. The third kappa shape index (κ3) is 6.09. The van der Waals surface area contributed by atoms with Gasteiger partial charge in [-0.25, -0.2) is 0 Å². The first kappa shape index (κ1) is 27.2. The van der Waals surface area contributed by atoms with Gasteiger partial charge < -0.3 is 24.9 Å². The van der Waals surface area contributed by atoms with Crippen LogP contribution < -0.4 is 15.2 Å². The summed E-state index contributed by atoms with van der Waals surface area (Å²) in [4.78, 5) is 29.7. The van der Waals surface area contributed by atoms with Crippen LogP contribution in [0.15, 0.2) is 79.3 Å². The fourth-order valence-corrected chi connectivity index (χ4v) is 4.64. The maximum Gasteiger partial charge on any atom is 0.252 e. The van der Waals surface area contributed by atoms with Crippen molar-refractivity contribution in [1.29, 1.82) is 0 Å². The molecule has 9 heteroatoms. The zero-order valence-corrected chi connectivity index (χ0v) is 22.8. The Bertz CT molecular complexity index is 1720. The summed E-state index contributed by atoms with van der Waals surface area (Å²) in [5, 5.41) is 13.1. The average Bonchev–Trinajstić information content (AvgIpc) is 3.28. The molecule has 0 aliphatic heterocycles. The maximum absolute atomic E-state index is 13.5. The van der Waals surface area contributed by atoms with Gasteiger partial charge in [0.25, 0.3) is 5.91 Å². The number of aliphatic hydroxyl groups is 1. The lowest BCUT2D eigenvalue weighted by molar-refractivity contribution is 0.0666. The number of hydrogen-bond donors (Lipinski definition) is 2. The molecule has 8 nitrogen and oxygen atoms in total. The number of ketones is 1. The number of rotatable bonds is 10. The van der Waals surface area contributed by atoms with E-state index in [1.54, 1.807) is 81.0 Å². The summed E-state index contributed by atoms with van der Waals surface area (Å²) < 4.78 is 13.7. The summed E-state index contributed by atoms with van der Waals surface area (Å²) in [6, 6.07) is 17.6. The summed E-state index contributed by atoms with van der Waals surface area (Å²) in [5.41, 5.74) is 6.09. The minimum atomic E-state index is -0.890. The van der Waals surface area contributed by atoms with Gasteiger partial charge in [0, 0.05) is 41.0 Å². The molecule has 3 N–H and O–H groups in total. The Labute approximate surface area is 235 Å². The molecule has 1 amide bonds. The quantitative estimate of drug-likeness (QED) is 0.199. The average molecular weight is 558 g/mol. The van der Waals surface area contributed by atoms with Crippen LogP contribution >= 0.6 is 11.6 Å². The van der Waals surface area contributed by atoms with Crippen LogP contribution in [0.25, 0.3) is 21.7 Å². The fraction of sp³-hybridized carbons (Fsp3) is 0.194.